The van der Waals surface area contributed by atoms with Crippen LogP contribution >= 0.6 is 0 Å². The molecule has 2 heteroatoms. The van der Waals surface area contributed by atoms with Gasteiger partial charge in [-0.15, -0.1) is 0 Å². The molecule has 0 saturated heterocycles. The maximum Gasteiger partial charge on any atom is 0.0621 e. The van der Waals surface area contributed by atoms with Crippen molar-refractivity contribution in [1.82, 2.24) is 0 Å². The Balaban J connectivity index is 3.05. The number of ether oxygens (including phenoxy) is 1. The minimum Gasteiger partial charge on any atom is -0.381 e. The molecule has 0 amide bonds. The zero-order chi connectivity index (χ0) is 10.2. The molecule has 0 bridgehead atoms. The molecule has 0 aliphatic heterocycles. The number of nitrogens with zero attached hydrogens (tertiary/aromatic N) is 1. The minimum absolute atomic E-state index is 0.368. The Kier molecular flexibility index (Phi) is 6.62. The van der Waals surface area contributed by atoms with Gasteiger partial charge in [0.1, 0.15) is 0 Å². The molecule has 0 aliphatic carbocycles. The Labute approximate surface area is 81.9 Å². The Morgan fingerprint density at radius 2 is 1.85 bits per heavy atom. The lowest BCUT2D eigenvalue weighted by molar-refractivity contribution is 0.105. The van der Waals surface area contributed by atoms with Gasteiger partial charge < -0.3 is 4.74 Å². The smallest absolute Gasteiger partial charge is 0.0621 e. The second-order valence-electron chi connectivity index (χ2n) is 4.54. The fourth-order valence-electron chi connectivity index (χ4n) is 0.889. The van der Waals surface area contributed by atoms with Crippen LogP contribution in [-0.4, -0.2) is 13.2 Å². The molecule has 0 aromatic carbocycles. The summed E-state index contributed by atoms with van der Waals surface area (Å²) in [5, 5.41) is 8.28. The van der Waals surface area contributed by atoms with Gasteiger partial charge in [0.2, 0.25) is 0 Å². The van der Waals surface area contributed by atoms with Gasteiger partial charge in [-0.25, -0.2) is 0 Å². The van der Waals surface area contributed by atoms with E-state index in [-0.39, 0.29) is 0 Å². The predicted octanol–water partition coefficient (Wildman–Crippen LogP) is 3.13. The van der Waals surface area contributed by atoms with E-state index in [4.69, 9.17) is 10.00 Å². The lowest BCUT2D eigenvalue weighted by atomic mass is 9.93. The van der Waals surface area contributed by atoms with Gasteiger partial charge in [0.05, 0.1) is 6.07 Å². The van der Waals surface area contributed by atoms with Crippen LogP contribution in [0.25, 0.3) is 0 Å². The normalized spacial score (nSPS) is 11.2. The van der Waals surface area contributed by atoms with Gasteiger partial charge in [0, 0.05) is 19.6 Å². The van der Waals surface area contributed by atoms with Crippen LogP contribution in [0.15, 0.2) is 0 Å². The van der Waals surface area contributed by atoms with Crippen molar-refractivity contribution in [3.8, 4) is 6.07 Å². The van der Waals surface area contributed by atoms with E-state index in [1.807, 2.05) is 0 Å². The van der Waals surface area contributed by atoms with Crippen LogP contribution in [0.4, 0.5) is 0 Å². The highest BCUT2D eigenvalue weighted by atomic mass is 16.5. The quantitative estimate of drug-likeness (QED) is 0.593. The summed E-state index contributed by atoms with van der Waals surface area (Å²) in [6.45, 7) is 8.29. The maximum atomic E-state index is 8.28. The van der Waals surface area contributed by atoms with Gasteiger partial charge in [-0.05, 0) is 24.7 Å². The zero-order valence-corrected chi connectivity index (χ0v) is 9.10. The van der Waals surface area contributed by atoms with Crippen molar-refractivity contribution in [3.05, 3.63) is 0 Å². The monoisotopic (exact) mass is 183 g/mol. The molecule has 0 unspecified atom stereocenters. The lowest BCUT2D eigenvalue weighted by Crippen LogP contribution is -2.09. The number of unbranched alkanes of at least 4 members (excludes halogenated alkanes) is 2. The molecule has 0 radical (unpaired) electrons. The Bertz CT molecular complexity index is 152. The van der Waals surface area contributed by atoms with Gasteiger partial charge in [-0.1, -0.05) is 20.8 Å². The van der Waals surface area contributed by atoms with Crippen LogP contribution in [0.3, 0.4) is 0 Å². The molecular formula is C11H21NO. The van der Waals surface area contributed by atoms with E-state index in [1.54, 1.807) is 0 Å². The van der Waals surface area contributed by atoms with Crippen LogP contribution in [0.1, 0.15) is 46.5 Å². The summed E-state index contributed by atoms with van der Waals surface area (Å²) in [6.07, 6.45) is 3.73. The van der Waals surface area contributed by atoms with Gasteiger partial charge in [-0.2, -0.15) is 5.26 Å². The van der Waals surface area contributed by atoms with E-state index in [2.05, 4.69) is 26.8 Å². The fraction of sp³-hybridized carbons (Fsp3) is 0.909. The third-order valence-electron chi connectivity index (χ3n) is 1.82. The van der Waals surface area contributed by atoms with Crippen molar-refractivity contribution in [2.75, 3.05) is 13.2 Å². The predicted molar refractivity (Wildman–Crippen MR) is 54.4 cm³/mol. The summed E-state index contributed by atoms with van der Waals surface area (Å²) in [4.78, 5) is 0. The highest BCUT2D eigenvalue weighted by Gasteiger charge is 2.08. The van der Waals surface area contributed by atoms with Crippen LogP contribution in [0, 0.1) is 16.7 Å². The molecule has 0 spiro atoms. The Morgan fingerprint density at radius 3 is 2.38 bits per heavy atom. The van der Waals surface area contributed by atoms with Gasteiger partial charge >= 0.3 is 0 Å². The first-order valence-corrected chi connectivity index (χ1v) is 5.01. The molecule has 0 heterocycles. The molecule has 0 rings (SSSR count). The first-order valence-electron chi connectivity index (χ1n) is 5.01. The van der Waals surface area contributed by atoms with E-state index in [9.17, 15) is 0 Å². The first kappa shape index (κ1) is 12.4. The fourth-order valence-corrected chi connectivity index (χ4v) is 0.889. The molecule has 13 heavy (non-hydrogen) atoms. The van der Waals surface area contributed by atoms with Crippen molar-refractivity contribution in [2.45, 2.75) is 46.5 Å². The summed E-state index contributed by atoms with van der Waals surface area (Å²) < 4.78 is 5.45. The highest BCUT2D eigenvalue weighted by molar-refractivity contribution is 4.67. The van der Waals surface area contributed by atoms with Crippen molar-refractivity contribution in [1.29, 1.82) is 5.26 Å². The summed E-state index contributed by atoms with van der Waals surface area (Å²) in [7, 11) is 0. The number of hydrogen-bond acceptors (Lipinski definition) is 2. The molecule has 76 valence electrons. The summed E-state index contributed by atoms with van der Waals surface area (Å²) in [5.41, 5.74) is 0.368. The van der Waals surface area contributed by atoms with Gasteiger partial charge in [-0.3, -0.25) is 0 Å². The number of rotatable bonds is 6. The topological polar surface area (TPSA) is 33.0 Å². The first-order chi connectivity index (χ1) is 6.06. The third kappa shape index (κ3) is 11.5. The number of hydrogen-bond donors (Lipinski definition) is 0. The third-order valence-corrected chi connectivity index (χ3v) is 1.82. The second kappa shape index (κ2) is 6.91. The molecule has 0 atom stereocenters. The average molecular weight is 183 g/mol. The lowest BCUT2D eigenvalue weighted by Gasteiger charge is -2.17. The van der Waals surface area contributed by atoms with Crippen molar-refractivity contribution in [3.63, 3.8) is 0 Å². The highest BCUT2D eigenvalue weighted by Crippen LogP contribution is 2.17. The van der Waals surface area contributed by atoms with E-state index in [1.165, 1.54) is 0 Å². The molecular weight excluding hydrogens is 162 g/mol. The zero-order valence-electron chi connectivity index (χ0n) is 9.10. The van der Waals surface area contributed by atoms with Crippen molar-refractivity contribution < 1.29 is 4.74 Å². The maximum absolute atomic E-state index is 8.28. The summed E-state index contributed by atoms with van der Waals surface area (Å²) in [5.74, 6) is 0. The molecule has 0 aromatic rings. The van der Waals surface area contributed by atoms with Crippen LogP contribution < -0.4 is 0 Å². The van der Waals surface area contributed by atoms with Crippen molar-refractivity contribution >= 4 is 0 Å². The van der Waals surface area contributed by atoms with Gasteiger partial charge in [0.25, 0.3) is 0 Å². The SMILES string of the molecule is CC(C)(C)CCOCCCCC#N. The van der Waals surface area contributed by atoms with E-state index >= 15 is 0 Å². The molecule has 2 nitrogen and oxygen atoms in total. The number of nitriles is 1. The standard InChI is InChI=1S/C11H21NO/c1-11(2,3)7-10-13-9-6-4-5-8-12/h4-7,9-10H2,1-3H3. The molecule has 0 fully saturated rings. The molecule has 0 saturated carbocycles. The van der Waals surface area contributed by atoms with Gasteiger partial charge in [0.15, 0.2) is 0 Å². The molecule has 0 aliphatic rings. The average Bonchev–Trinajstić information content (AvgIpc) is 2.01. The summed E-state index contributed by atoms with van der Waals surface area (Å²) >= 11 is 0. The Morgan fingerprint density at radius 1 is 1.15 bits per heavy atom. The molecule has 0 aromatic heterocycles. The second-order valence-corrected chi connectivity index (χ2v) is 4.54. The Hall–Kier alpha value is -0.550. The minimum atomic E-state index is 0.368. The van der Waals surface area contributed by atoms with E-state index < -0.39 is 0 Å². The van der Waals surface area contributed by atoms with Crippen LogP contribution in [0.5, 0.6) is 0 Å². The largest absolute Gasteiger partial charge is 0.381 e. The van der Waals surface area contributed by atoms with E-state index in [0.717, 1.165) is 32.5 Å². The van der Waals surface area contributed by atoms with Crippen LogP contribution in [0.2, 0.25) is 0 Å². The summed E-state index contributed by atoms with van der Waals surface area (Å²) in [6, 6.07) is 2.13. The van der Waals surface area contributed by atoms with E-state index in [0.29, 0.717) is 11.8 Å². The van der Waals surface area contributed by atoms with Crippen LogP contribution in [-0.2, 0) is 4.74 Å². The van der Waals surface area contributed by atoms with Crippen molar-refractivity contribution in [2.24, 2.45) is 5.41 Å². The molecule has 0 N–H and O–H groups in total.